The van der Waals surface area contributed by atoms with Gasteiger partial charge in [0.1, 0.15) is 5.82 Å². The highest BCUT2D eigenvalue weighted by Crippen LogP contribution is 2.19. The summed E-state index contributed by atoms with van der Waals surface area (Å²) in [4.78, 5) is 5.76. The van der Waals surface area contributed by atoms with Crippen LogP contribution in [-0.2, 0) is 13.5 Å². The van der Waals surface area contributed by atoms with Crippen molar-refractivity contribution in [1.82, 2.24) is 14.9 Å². The van der Waals surface area contributed by atoms with E-state index in [1.54, 1.807) is 11.3 Å². The fraction of sp³-hybridized carbons (Fsp3) is 0.364. The Bertz CT molecular complexity index is 405. The van der Waals surface area contributed by atoms with Crippen LogP contribution in [0.15, 0.2) is 29.9 Å². The zero-order chi connectivity index (χ0) is 10.7. The van der Waals surface area contributed by atoms with E-state index in [-0.39, 0.29) is 0 Å². The molecule has 2 heterocycles. The van der Waals surface area contributed by atoms with Gasteiger partial charge in [-0.1, -0.05) is 6.07 Å². The lowest BCUT2D eigenvalue weighted by Crippen LogP contribution is -2.21. The zero-order valence-corrected chi connectivity index (χ0v) is 9.79. The Kier molecular flexibility index (Phi) is 3.18. The van der Waals surface area contributed by atoms with Gasteiger partial charge in [-0.15, -0.1) is 11.3 Å². The van der Waals surface area contributed by atoms with Crippen molar-refractivity contribution in [2.24, 2.45) is 7.05 Å². The number of likely N-dealkylation sites (N-methyl/N-ethyl adjacent to an activating group) is 1. The third-order valence-corrected chi connectivity index (χ3v) is 3.40. The summed E-state index contributed by atoms with van der Waals surface area (Å²) in [7, 11) is 4.01. The minimum atomic E-state index is 0.295. The van der Waals surface area contributed by atoms with Gasteiger partial charge in [0, 0.05) is 30.7 Å². The lowest BCUT2D eigenvalue weighted by atomic mass is 10.1. The van der Waals surface area contributed by atoms with Crippen LogP contribution < -0.4 is 5.32 Å². The van der Waals surface area contributed by atoms with Gasteiger partial charge < -0.3 is 9.88 Å². The second-order valence-electron chi connectivity index (χ2n) is 3.52. The average Bonchev–Trinajstić information content (AvgIpc) is 2.85. The van der Waals surface area contributed by atoms with Crippen molar-refractivity contribution in [1.29, 1.82) is 0 Å². The Balaban J connectivity index is 2.15. The molecule has 1 N–H and O–H groups in total. The summed E-state index contributed by atoms with van der Waals surface area (Å²) in [6.07, 6.45) is 4.82. The van der Waals surface area contributed by atoms with Crippen LogP contribution in [0.5, 0.6) is 0 Å². The fourth-order valence-corrected chi connectivity index (χ4v) is 2.42. The summed E-state index contributed by atoms with van der Waals surface area (Å²) < 4.78 is 2.06. The predicted molar refractivity (Wildman–Crippen MR) is 63.0 cm³/mol. The molecule has 4 heteroatoms. The van der Waals surface area contributed by atoms with E-state index in [1.165, 1.54) is 4.88 Å². The molecule has 1 atom stereocenters. The van der Waals surface area contributed by atoms with E-state index in [9.17, 15) is 0 Å². The molecule has 2 aromatic heterocycles. The number of rotatable bonds is 4. The van der Waals surface area contributed by atoms with Crippen molar-refractivity contribution in [3.63, 3.8) is 0 Å². The molecule has 0 aliphatic carbocycles. The van der Waals surface area contributed by atoms with Crippen LogP contribution in [0.4, 0.5) is 0 Å². The van der Waals surface area contributed by atoms with E-state index < -0.39 is 0 Å². The van der Waals surface area contributed by atoms with Crippen LogP contribution in [-0.4, -0.2) is 16.6 Å². The number of nitrogens with one attached hydrogen (secondary N) is 1. The minimum Gasteiger partial charge on any atom is -0.337 e. The van der Waals surface area contributed by atoms with Crippen molar-refractivity contribution in [3.8, 4) is 0 Å². The van der Waals surface area contributed by atoms with Crippen LogP contribution in [0.3, 0.4) is 0 Å². The van der Waals surface area contributed by atoms with E-state index in [0.29, 0.717) is 6.04 Å². The Morgan fingerprint density at radius 2 is 2.47 bits per heavy atom. The number of nitrogens with zero attached hydrogens (tertiary/aromatic N) is 2. The quantitative estimate of drug-likeness (QED) is 0.855. The van der Waals surface area contributed by atoms with Gasteiger partial charge >= 0.3 is 0 Å². The number of aromatic nitrogens is 2. The molecule has 0 amide bonds. The van der Waals surface area contributed by atoms with Crippen LogP contribution in [0.25, 0.3) is 0 Å². The molecule has 80 valence electrons. The van der Waals surface area contributed by atoms with E-state index >= 15 is 0 Å². The predicted octanol–water partition coefficient (Wildman–Crippen LogP) is 1.98. The second-order valence-corrected chi connectivity index (χ2v) is 4.55. The Hall–Kier alpha value is -1.13. The van der Waals surface area contributed by atoms with Crippen molar-refractivity contribution in [2.75, 3.05) is 7.05 Å². The average molecular weight is 221 g/mol. The smallest absolute Gasteiger partial charge is 0.125 e. The molecule has 0 aliphatic heterocycles. The highest BCUT2D eigenvalue weighted by Gasteiger charge is 2.14. The summed E-state index contributed by atoms with van der Waals surface area (Å²) >= 11 is 1.79. The maximum atomic E-state index is 4.37. The first-order valence-electron chi connectivity index (χ1n) is 4.98. The molecule has 0 bridgehead atoms. The number of imidazole rings is 1. The molecule has 2 aromatic rings. The second kappa shape index (κ2) is 4.59. The summed E-state index contributed by atoms with van der Waals surface area (Å²) in [6, 6.07) is 4.55. The molecule has 1 unspecified atom stereocenters. The molecule has 0 saturated heterocycles. The van der Waals surface area contributed by atoms with Crippen LogP contribution in [0.1, 0.15) is 16.7 Å². The van der Waals surface area contributed by atoms with E-state index in [0.717, 1.165) is 12.2 Å². The van der Waals surface area contributed by atoms with Crippen molar-refractivity contribution in [2.45, 2.75) is 12.5 Å². The summed E-state index contributed by atoms with van der Waals surface area (Å²) in [6.45, 7) is 0. The van der Waals surface area contributed by atoms with Gasteiger partial charge in [-0.3, -0.25) is 0 Å². The summed E-state index contributed by atoms with van der Waals surface area (Å²) in [5, 5.41) is 5.42. The fourth-order valence-electron chi connectivity index (χ4n) is 1.67. The topological polar surface area (TPSA) is 29.9 Å². The van der Waals surface area contributed by atoms with Crippen molar-refractivity contribution in [3.05, 3.63) is 40.6 Å². The van der Waals surface area contributed by atoms with Gasteiger partial charge in [-0.05, 0) is 18.5 Å². The van der Waals surface area contributed by atoms with Gasteiger partial charge in [0.15, 0.2) is 0 Å². The molecule has 2 rings (SSSR count). The molecule has 0 radical (unpaired) electrons. The standard InChI is InChI=1S/C11H15N3S/c1-12-10(8-9-4-3-7-15-9)11-13-5-6-14(11)2/h3-7,10,12H,8H2,1-2H3. The summed E-state index contributed by atoms with van der Waals surface area (Å²) in [5.74, 6) is 1.09. The highest BCUT2D eigenvalue weighted by molar-refractivity contribution is 7.09. The van der Waals surface area contributed by atoms with Crippen molar-refractivity contribution >= 4 is 11.3 Å². The monoisotopic (exact) mass is 221 g/mol. The number of hydrogen-bond acceptors (Lipinski definition) is 3. The first-order chi connectivity index (χ1) is 7.31. The Labute approximate surface area is 93.8 Å². The van der Waals surface area contributed by atoms with Gasteiger partial charge in [0.05, 0.1) is 6.04 Å². The summed E-state index contributed by atoms with van der Waals surface area (Å²) in [5.41, 5.74) is 0. The molecule has 0 aromatic carbocycles. The van der Waals surface area contributed by atoms with Crippen LogP contribution in [0, 0.1) is 0 Å². The molecule has 15 heavy (non-hydrogen) atoms. The molecular formula is C11H15N3S. The lowest BCUT2D eigenvalue weighted by Gasteiger charge is -2.14. The molecule has 0 spiro atoms. The van der Waals surface area contributed by atoms with E-state index in [4.69, 9.17) is 0 Å². The largest absolute Gasteiger partial charge is 0.337 e. The normalized spacial score (nSPS) is 12.9. The molecule has 0 aliphatic rings. The third-order valence-electron chi connectivity index (χ3n) is 2.50. The van der Waals surface area contributed by atoms with E-state index in [1.807, 2.05) is 26.5 Å². The molecule has 0 fully saturated rings. The minimum absolute atomic E-state index is 0.295. The number of hydrogen-bond donors (Lipinski definition) is 1. The first kappa shape index (κ1) is 10.4. The lowest BCUT2D eigenvalue weighted by molar-refractivity contribution is 0.541. The number of thiophene rings is 1. The Morgan fingerprint density at radius 1 is 1.60 bits per heavy atom. The third kappa shape index (κ3) is 2.27. The van der Waals surface area contributed by atoms with Gasteiger partial charge in [-0.2, -0.15) is 0 Å². The zero-order valence-electron chi connectivity index (χ0n) is 8.97. The van der Waals surface area contributed by atoms with Gasteiger partial charge in [-0.25, -0.2) is 4.98 Å². The number of aryl methyl sites for hydroxylation is 1. The van der Waals surface area contributed by atoms with Gasteiger partial charge in [0.25, 0.3) is 0 Å². The SMILES string of the molecule is CNC(Cc1cccs1)c1nccn1C. The van der Waals surface area contributed by atoms with Crippen LogP contribution in [0.2, 0.25) is 0 Å². The van der Waals surface area contributed by atoms with Gasteiger partial charge in [0.2, 0.25) is 0 Å². The maximum absolute atomic E-state index is 4.37. The highest BCUT2D eigenvalue weighted by atomic mass is 32.1. The molecular weight excluding hydrogens is 206 g/mol. The molecule has 0 saturated carbocycles. The van der Waals surface area contributed by atoms with Crippen LogP contribution >= 0.6 is 11.3 Å². The maximum Gasteiger partial charge on any atom is 0.125 e. The molecule has 3 nitrogen and oxygen atoms in total. The first-order valence-corrected chi connectivity index (χ1v) is 5.86. The Morgan fingerprint density at radius 3 is 3.00 bits per heavy atom. The van der Waals surface area contributed by atoms with Crippen molar-refractivity contribution < 1.29 is 0 Å². The van der Waals surface area contributed by atoms with E-state index in [2.05, 4.69) is 32.4 Å².